The molecule has 5 nitrogen and oxygen atoms in total. The molecule has 0 bridgehead atoms. The Morgan fingerprint density at radius 1 is 1.56 bits per heavy atom. The van der Waals surface area contributed by atoms with E-state index >= 15 is 0 Å². The quantitative estimate of drug-likeness (QED) is 0.715. The summed E-state index contributed by atoms with van der Waals surface area (Å²) in [6.45, 7) is 4.31. The van der Waals surface area contributed by atoms with Crippen molar-refractivity contribution in [2.45, 2.75) is 39.5 Å². The van der Waals surface area contributed by atoms with E-state index < -0.39 is 5.97 Å². The average molecular weight is 224 g/mol. The van der Waals surface area contributed by atoms with Crippen LogP contribution in [0.4, 0.5) is 0 Å². The van der Waals surface area contributed by atoms with Crippen LogP contribution in [0.25, 0.3) is 0 Å². The van der Waals surface area contributed by atoms with Crippen LogP contribution in [0, 0.1) is 5.41 Å². The van der Waals surface area contributed by atoms with Crippen LogP contribution < -0.4 is 0 Å². The SMILES string of the molecule is CCOC(=O)c1noc(CCC2(C)CC2)n1. The maximum atomic E-state index is 11.3. The molecule has 0 amide bonds. The van der Waals surface area contributed by atoms with Gasteiger partial charge in [0.25, 0.3) is 5.82 Å². The van der Waals surface area contributed by atoms with E-state index in [1.165, 1.54) is 12.8 Å². The van der Waals surface area contributed by atoms with Crippen molar-refractivity contribution in [1.29, 1.82) is 0 Å². The molecule has 1 aliphatic rings. The van der Waals surface area contributed by atoms with Crippen molar-refractivity contribution in [2.75, 3.05) is 6.61 Å². The lowest BCUT2D eigenvalue weighted by molar-refractivity contribution is 0.0508. The molecule has 1 aromatic heterocycles. The van der Waals surface area contributed by atoms with E-state index in [9.17, 15) is 4.79 Å². The molecule has 0 aliphatic heterocycles. The summed E-state index contributed by atoms with van der Waals surface area (Å²) in [6.07, 6.45) is 4.32. The van der Waals surface area contributed by atoms with Crippen molar-refractivity contribution in [3.8, 4) is 0 Å². The summed E-state index contributed by atoms with van der Waals surface area (Å²) in [7, 11) is 0. The van der Waals surface area contributed by atoms with Gasteiger partial charge in [-0.1, -0.05) is 6.92 Å². The largest absolute Gasteiger partial charge is 0.460 e. The molecule has 5 heteroatoms. The molecular formula is C11H16N2O3. The summed E-state index contributed by atoms with van der Waals surface area (Å²) < 4.78 is 9.77. The maximum absolute atomic E-state index is 11.3. The van der Waals surface area contributed by atoms with Crippen molar-refractivity contribution in [3.05, 3.63) is 11.7 Å². The van der Waals surface area contributed by atoms with Gasteiger partial charge in [0.1, 0.15) is 0 Å². The van der Waals surface area contributed by atoms with Crippen LogP contribution in [0.2, 0.25) is 0 Å². The number of carbonyl (C=O) groups is 1. The fourth-order valence-corrected chi connectivity index (χ4v) is 1.51. The van der Waals surface area contributed by atoms with E-state index in [0.717, 1.165) is 12.8 Å². The minimum Gasteiger partial charge on any atom is -0.460 e. The first kappa shape index (κ1) is 11.1. The zero-order valence-corrected chi connectivity index (χ0v) is 9.65. The van der Waals surface area contributed by atoms with Gasteiger partial charge < -0.3 is 9.26 Å². The van der Waals surface area contributed by atoms with E-state index in [-0.39, 0.29) is 5.82 Å². The molecule has 0 atom stereocenters. The van der Waals surface area contributed by atoms with Crippen molar-refractivity contribution in [3.63, 3.8) is 0 Å². The molecule has 1 saturated carbocycles. The van der Waals surface area contributed by atoms with Gasteiger partial charge >= 0.3 is 5.97 Å². The minimum atomic E-state index is -0.518. The molecule has 1 heterocycles. The maximum Gasteiger partial charge on any atom is 0.379 e. The molecule has 0 radical (unpaired) electrons. The lowest BCUT2D eigenvalue weighted by atomic mass is 10.0. The Hall–Kier alpha value is -1.39. The van der Waals surface area contributed by atoms with Gasteiger partial charge in [0.15, 0.2) is 0 Å². The Morgan fingerprint density at radius 2 is 2.31 bits per heavy atom. The topological polar surface area (TPSA) is 65.2 Å². The lowest BCUT2D eigenvalue weighted by Gasteiger charge is -2.03. The van der Waals surface area contributed by atoms with Gasteiger partial charge in [-0.2, -0.15) is 4.98 Å². The number of nitrogens with zero attached hydrogens (tertiary/aromatic N) is 2. The first-order valence-corrected chi connectivity index (χ1v) is 5.63. The summed E-state index contributed by atoms with van der Waals surface area (Å²) in [5, 5.41) is 3.60. The zero-order chi connectivity index (χ0) is 11.6. The molecule has 0 N–H and O–H groups in total. The van der Waals surface area contributed by atoms with Gasteiger partial charge in [-0.25, -0.2) is 4.79 Å². The highest BCUT2D eigenvalue weighted by atomic mass is 16.5. The highest BCUT2D eigenvalue weighted by Gasteiger charge is 2.37. The third-order valence-corrected chi connectivity index (χ3v) is 2.97. The van der Waals surface area contributed by atoms with Gasteiger partial charge in [0.05, 0.1) is 6.61 Å². The van der Waals surface area contributed by atoms with E-state index in [2.05, 4.69) is 17.1 Å². The van der Waals surface area contributed by atoms with Gasteiger partial charge in [0, 0.05) is 6.42 Å². The Labute approximate surface area is 94.2 Å². The number of aryl methyl sites for hydroxylation is 1. The van der Waals surface area contributed by atoms with Gasteiger partial charge in [-0.3, -0.25) is 0 Å². The van der Waals surface area contributed by atoms with Crippen molar-refractivity contribution < 1.29 is 14.1 Å². The van der Waals surface area contributed by atoms with E-state index in [1.807, 2.05) is 0 Å². The van der Waals surface area contributed by atoms with Crippen molar-refractivity contribution >= 4 is 5.97 Å². The molecule has 16 heavy (non-hydrogen) atoms. The molecule has 88 valence electrons. The van der Waals surface area contributed by atoms with Crippen LogP contribution >= 0.6 is 0 Å². The third-order valence-electron chi connectivity index (χ3n) is 2.97. The fraction of sp³-hybridized carbons (Fsp3) is 0.727. The molecule has 1 aliphatic carbocycles. The highest BCUT2D eigenvalue weighted by Crippen LogP contribution is 2.48. The lowest BCUT2D eigenvalue weighted by Crippen LogP contribution is -2.06. The fourth-order valence-electron chi connectivity index (χ4n) is 1.51. The number of ether oxygens (including phenoxy) is 1. The number of aromatic nitrogens is 2. The predicted molar refractivity (Wildman–Crippen MR) is 55.9 cm³/mol. The Kier molecular flexibility index (Phi) is 2.94. The average Bonchev–Trinajstić information content (AvgIpc) is 2.82. The smallest absolute Gasteiger partial charge is 0.379 e. The number of rotatable bonds is 5. The van der Waals surface area contributed by atoms with Gasteiger partial charge in [-0.05, 0) is 36.8 Å². The molecule has 1 fully saturated rings. The van der Waals surface area contributed by atoms with E-state index in [4.69, 9.17) is 9.26 Å². The number of hydrogen-bond acceptors (Lipinski definition) is 5. The molecular weight excluding hydrogens is 208 g/mol. The van der Waals surface area contributed by atoms with Crippen molar-refractivity contribution in [2.24, 2.45) is 5.41 Å². The Morgan fingerprint density at radius 3 is 2.94 bits per heavy atom. The second-order valence-corrected chi connectivity index (χ2v) is 4.54. The van der Waals surface area contributed by atoms with Crippen LogP contribution in [0.5, 0.6) is 0 Å². The Balaban J connectivity index is 1.89. The second-order valence-electron chi connectivity index (χ2n) is 4.54. The molecule has 0 unspecified atom stereocenters. The highest BCUT2D eigenvalue weighted by molar-refractivity contribution is 5.84. The number of carbonyl (C=O) groups excluding carboxylic acids is 1. The predicted octanol–water partition coefficient (Wildman–Crippen LogP) is 1.98. The van der Waals surface area contributed by atoms with E-state index in [1.54, 1.807) is 6.92 Å². The molecule has 0 spiro atoms. The first-order chi connectivity index (χ1) is 7.63. The summed E-state index contributed by atoms with van der Waals surface area (Å²) >= 11 is 0. The normalized spacial score (nSPS) is 17.1. The van der Waals surface area contributed by atoms with Crippen LogP contribution in [0.3, 0.4) is 0 Å². The molecule has 0 saturated heterocycles. The second kappa shape index (κ2) is 4.23. The zero-order valence-electron chi connectivity index (χ0n) is 9.65. The minimum absolute atomic E-state index is 0.0257. The summed E-state index contributed by atoms with van der Waals surface area (Å²) in [6, 6.07) is 0. The van der Waals surface area contributed by atoms with Crippen LogP contribution in [0.15, 0.2) is 4.52 Å². The number of hydrogen-bond donors (Lipinski definition) is 0. The molecule has 0 aromatic carbocycles. The van der Waals surface area contributed by atoms with Crippen LogP contribution in [-0.4, -0.2) is 22.7 Å². The summed E-state index contributed by atoms with van der Waals surface area (Å²) in [5.41, 5.74) is 0.457. The first-order valence-electron chi connectivity index (χ1n) is 5.63. The molecule has 1 aromatic rings. The number of esters is 1. The summed E-state index contributed by atoms with van der Waals surface area (Å²) in [5.74, 6) is 0.0316. The third kappa shape index (κ3) is 2.59. The van der Waals surface area contributed by atoms with Gasteiger partial charge in [-0.15, -0.1) is 0 Å². The molecule has 2 rings (SSSR count). The monoisotopic (exact) mass is 224 g/mol. The van der Waals surface area contributed by atoms with E-state index in [0.29, 0.717) is 17.9 Å². The summed E-state index contributed by atoms with van der Waals surface area (Å²) in [4.78, 5) is 15.3. The Bertz CT molecular complexity index is 382. The van der Waals surface area contributed by atoms with Gasteiger partial charge in [0.2, 0.25) is 5.89 Å². The standard InChI is InChI=1S/C11H16N2O3/c1-3-15-10(14)9-12-8(16-13-9)4-5-11(2)6-7-11/h3-7H2,1-2H3. The van der Waals surface area contributed by atoms with Crippen molar-refractivity contribution in [1.82, 2.24) is 10.1 Å². The van der Waals surface area contributed by atoms with Crippen LogP contribution in [-0.2, 0) is 11.2 Å². The van der Waals surface area contributed by atoms with Crippen LogP contribution in [0.1, 0.15) is 49.6 Å².